The minimum Gasteiger partial charge on any atom is -0.434 e. The van der Waals surface area contributed by atoms with E-state index in [0.29, 0.717) is 0 Å². The van der Waals surface area contributed by atoms with Gasteiger partial charge in [-0.3, -0.25) is 0 Å². The summed E-state index contributed by atoms with van der Waals surface area (Å²) in [6.07, 6.45) is 2.05. The number of allylic oxidation sites excluding steroid dienone is 2. The average molecular weight is 194 g/mol. The van der Waals surface area contributed by atoms with Crippen LogP contribution < -0.4 is 56.6 Å². The van der Waals surface area contributed by atoms with Crippen molar-refractivity contribution in [3.8, 4) is 0 Å². The van der Waals surface area contributed by atoms with Gasteiger partial charge in [-0.25, -0.2) is 0 Å². The van der Waals surface area contributed by atoms with Crippen molar-refractivity contribution in [1.29, 1.82) is 0 Å². The summed E-state index contributed by atoms with van der Waals surface area (Å²) in [6.45, 7) is 6.08. The van der Waals surface area contributed by atoms with Gasteiger partial charge in [-0.05, 0) is 13.8 Å². The van der Waals surface area contributed by atoms with Crippen molar-refractivity contribution < 1.29 is 60.6 Å². The zero-order chi connectivity index (χ0) is 7.44. The molecule has 0 aliphatic rings. The molecule has 0 heterocycles. The van der Waals surface area contributed by atoms with E-state index in [1.54, 1.807) is 3.98 Å². The van der Waals surface area contributed by atoms with E-state index < -0.39 is 0 Å². The third-order valence-corrected chi connectivity index (χ3v) is 1.75. The van der Waals surface area contributed by atoms with Gasteiger partial charge in [0.05, 0.1) is 0 Å². The van der Waals surface area contributed by atoms with Crippen LogP contribution in [0.5, 0.6) is 0 Å². The van der Waals surface area contributed by atoms with Gasteiger partial charge in [-0.2, -0.15) is 0 Å². The summed E-state index contributed by atoms with van der Waals surface area (Å²) in [5.74, 6) is 0. The zero-order valence-corrected chi connectivity index (χ0v) is 12.2. The Kier molecular flexibility index (Phi) is 51.4. The Morgan fingerprint density at radius 1 is 1.07 bits per heavy atom. The molecule has 0 saturated heterocycles. The average Bonchev–Trinajstić information content (AvgIpc) is 1.84. The van der Waals surface area contributed by atoms with Gasteiger partial charge in [0.1, 0.15) is 7.05 Å². The Labute approximate surface area is 132 Å². The second-order valence-electron chi connectivity index (χ2n) is 2.05. The van der Waals surface area contributed by atoms with Crippen molar-refractivity contribution >= 4 is 18.5 Å². The quantitative estimate of drug-likeness (QED) is 0.132. The van der Waals surface area contributed by atoms with Crippen LogP contribution in [0.25, 0.3) is 0 Å². The van der Waals surface area contributed by atoms with Crippen molar-refractivity contribution in [3.05, 3.63) is 26.5 Å². The van der Waals surface area contributed by atoms with E-state index in [1.807, 2.05) is 20.9 Å². The number of nitrogens with zero attached hydrogens (tertiary/aromatic N) is 1. The van der Waals surface area contributed by atoms with E-state index in [2.05, 4.69) is 13.0 Å². The van der Waals surface area contributed by atoms with E-state index in [9.17, 15) is 0 Å². The minimum atomic E-state index is 0. The third kappa shape index (κ3) is 15.9. The standard InChI is InChI=1S/C7H13NS.2CH3.3Li/c1-5-6(2)7(3)8(4)9;;;;;/h5H,1-4H3;2*1H3;;;/q;2*-1;3*+1/b6-5-,8-7+;;;;;. The normalized spacial score (nSPS) is 9.86. The summed E-state index contributed by atoms with van der Waals surface area (Å²) in [5.41, 5.74) is 2.39. The molecule has 0 atom stereocenters. The molecule has 0 aliphatic heterocycles. The molecule has 14 heavy (non-hydrogen) atoms. The van der Waals surface area contributed by atoms with E-state index in [0.717, 1.165) is 5.71 Å². The van der Waals surface area contributed by atoms with Gasteiger partial charge < -0.3 is 31.6 Å². The van der Waals surface area contributed by atoms with Gasteiger partial charge in [-0.15, -0.1) is 0 Å². The first kappa shape index (κ1) is 36.1. The van der Waals surface area contributed by atoms with Crippen LogP contribution in [0.4, 0.5) is 0 Å². The van der Waals surface area contributed by atoms with Crippen molar-refractivity contribution in [2.45, 2.75) is 20.8 Å². The molecule has 0 radical (unpaired) electrons. The molecule has 0 amide bonds. The van der Waals surface area contributed by atoms with Crippen LogP contribution in [0.3, 0.4) is 0 Å². The minimum absolute atomic E-state index is 0. The van der Waals surface area contributed by atoms with E-state index >= 15 is 0 Å². The van der Waals surface area contributed by atoms with Crippen molar-refractivity contribution in [2.24, 2.45) is 0 Å². The van der Waals surface area contributed by atoms with Crippen LogP contribution in [0.1, 0.15) is 20.8 Å². The molecule has 0 aromatic rings. The Bertz CT molecular complexity index is 163. The molecule has 0 saturated carbocycles. The second kappa shape index (κ2) is 19.9. The second-order valence-corrected chi connectivity index (χ2v) is 2.60. The molecular weight excluding hydrogens is 175 g/mol. The van der Waals surface area contributed by atoms with Gasteiger partial charge in [0.2, 0.25) is 0 Å². The Morgan fingerprint density at radius 3 is 1.43 bits per heavy atom. The number of hydrogen-bond acceptors (Lipinski definition) is 1. The SMILES string of the molecule is C/C=C(C)\C(C)=[N+](/C)[S-].[CH3-].[CH3-].[Li+].[Li+].[Li+]. The van der Waals surface area contributed by atoms with E-state index in [4.69, 9.17) is 12.8 Å². The van der Waals surface area contributed by atoms with Crippen LogP contribution in [0, 0.1) is 14.9 Å². The van der Waals surface area contributed by atoms with Crippen molar-refractivity contribution in [3.63, 3.8) is 0 Å². The molecule has 0 unspecified atom stereocenters. The molecule has 68 valence electrons. The first-order chi connectivity index (χ1) is 4.09. The molecule has 0 fully saturated rings. The van der Waals surface area contributed by atoms with E-state index in [1.165, 1.54) is 5.57 Å². The predicted octanol–water partition coefficient (Wildman–Crippen LogP) is -6.57. The molecule has 0 bridgehead atoms. The van der Waals surface area contributed by atoms with Gasteiger partial charge in [-0.1, -0.05) is 6.08 Å². The summed E-state index contributed by atoms with van der Waals surface area (Å²) in [6, 6.07) is 0. The molecular formula is C9H19Li3NS+. The van der Waals surface area contributed by atoms with Crippen LogP contribution in [0.2, 0.25) is 0 Å². The van der Waals surface area contributed by atoms with E-state index in [-0.39, 0.29) is 71.4 Å². The van der Waals surface area contributed by atoms with Crippen molar-refractivity contribution in [1.82, 2.24) is 0 Å². The fourth-order valence-electron chi connectivity index (χ4n) is 0.457. The predicted molar refractivity (Wildman–Crippen MR) is 56.5 cm³/mol. The Morgan fingerprint density at radius 2 is 1.36 bits per heavy atom. The monoisotopic (exact) mass is 194 g/mol. The maximum absolute atomic E-state index is 4.90. The Balaban J connectivity index is -0.0000000320. The molecule has 0 aliphatic carbocycles. The first-order valence-electron chi connectivity index (χ1n) is 2.97. The summed E-state index contributed by atoms with van der Waals surface area (Å²) < 4.78 is 1.70. The largest absolute Gasteiger partial charge is 1.00 e. The van der Waals surface area contributed by atoms with Crippen LogP contribution in [-0.2, 0) is 12.8 Å². The maximum Gasteiger partial charge on any atom is 1.00 e. The molecule has 1 nitrogen and oxygen atoms in total. The molecule has 0 aromatic carbocycles. The van der Waals surface area contributed by atoms with Gasteiger partial charge >= 0.3 is 56.6 Å². The summed E-state index contributed by atoms with van der Waals surface area (Å²) in [4.78, 5) is 0. The van der Waals surface area contributed by atoms with Gasteiger partial charge in [0, 0.05) is 12.5 Å². The molecule has 0 rings (SSSR count). The van der Waals surface area contributed by atoms with Crippen LogP contribution in [-0.4, -0.2) is 16.7 Å². The smallest absolute Gasteiger partial charge is 0.434 e. The van der Waals surface area contributed by atoms with Crippen LogP contribution in [0.15, 0.2) is 11.6 Å². The van der Waals surface area contributed by atoms with Crippen molar-refractivity contribution in [2.75, 3.05) is 7.05 Å². The Hall–Kier alpha value is 1.42. The fourth-order valence-corrected chi connectivity index (χ4v) is 0.601. The molecule has 0 aromatic heterocycles. The third-order valence-electron chi connectivity index (χ3n) is 1.48. The fraction of sp³-hybridized carbons (Fsp3) is 0.444. The summed E-state index contributed by atoms with van der Waals surface area (Å²) in [5, 5.41) is 0. The summed E-state index contributed by atoms with van der Waals surface area (Å²) in [7, 11) is 1.87. The first-order valence-corrected chi connectivity index (χ1v) is 3.33. The van der Waals surface area contributed by atoms with Gasteiger partial charge in [0.15, 0.2) is 5.71 Å². The molecule has 0 spiro atoms. The topological polar surface area (TPSA) is 3.01 Å². The maximum atomic E-state index is 4.90. The zero-order valence-electron chi connectivity index (χ0n) is 11.4. The number of hydrogen-bond donors (Lipinski definition) is 0. The summed E-state index contributed by atoms with van der Waals surface area (Å²) >= 11 is 4.90. The van der Waals surface area contributed by atoms with Crippen LogP contribution >= 0.6 is 0 Å². The molecule has 5 heteroatoms. The molecule has 0 N–H and O–H groups in total. The number of rotatable bonds is 1. The van der Waals surface area contributed by atoms with Gasteiger partial charge in [0.25, 0.3) is 0 Å².